The number of aliphatic hydroxyl groups excluding tert-OH is 1. The highest BCUT2D eigenvalue weighted by atomic mass is 16.6. The second-order valence-electron chi connectivity index (χ2n) is 5.05. The van der Waals surface area contributed by atoms with Crippen molar-refractivity contribution in [1.29, 1.82) is 5.26 Å². The molecule has 2 aromatic carbocycles. The summed E-state index contributed by atoms with van der Waals surface area (Å²) in [6.07, 6.45) is 0.150. The van der Waals surface area contributed by atoms with E-state index in [4.69, 9.17) is 15.1 Å². The average Bonchev–Trinajstić information content (AvgIpc) is 2.61. The number of nitrogens with zero attached hydrogens (tertiary/aromatic N) is 2. The Kier molecular flexibility index (Phi) is 6.03. The smallest absolute Gasteiger partial charge is 0.312 e. The van der Waals surface area contributed by atoms with Crippen LogP contribution >= 0.6 is 0 Å². The van der Waals surface area contributed by atoms with Gasteiger partial charge < -0.3 is 15.2 Å². The topological polar surface area (TPSA) is 125 Å². The maximum atomic E-state index is 11.6. The molecule has 2 aromatic rings. The summed E-state index contributed by atoms with van der Waals surface area (Å²) in [4.78, 5) is 22.1. The fourth-order valence-corrected chi connectivity index (χ4v) is 2.06. The molecule has 0 radical (unpaired) electrons. The molecule has 0 aliphatic rings. The summed E-state index contributed by atoms with van der Waals surface area (Å²) in [5.74, 6) is 0.176. The maximum absolute atomic E-state index is 11.6. The van der Waals surface area contributed by atoms with Crippen LogP contribution in [0.25, 0.3) is 0 Å². The van der Waals surface area contributed by atoms with E-state index in [0.717, 1.165) is 11.6 Å². The molecule has 25 heavy (non-hydrogen) atoms. The summed E-state index contributed by atoms with van der Waals surface area (Å²) < 4.78 is 5.51. The van der Waals surface area contributed by atoms with Gasteiger partial charge in [0.2, 0.25) is 11.7 Å². The maximum Gasteiger partial charge on any atom is 0.312 e. The van der Waals surface area contributed by atoms with Crippen molar-refractivity contribution >= 4 is 11.6 Å². The van der Waals surface area contributed by atoms with E-state index < -0.39 is 4.92 Å². The first-order chi connectivity index (χ1) is 12.0. The van der Waals surface area contributed by atoms with Gasteiger partial charge in [0.1, 0.15) is 5.75 Å². The van der Waals surface area contributed by atoms with Crippen LogP contribution in [0.2, 0.25) is 0 Å². The molecule has 0 bridgehead atoms. The van der Waals surface area contributed by atoms with Crippen LogP contribution in [-0.4, -0.2) is 29.1 Å². The van der Waals surface area contributed by atoms with E-state index >= 15 is 0 Å². The molecule has 8 heteroatoms. The van der Waals surface area contributed by atoms with Crippen LogP contribution in [0.15, 0.2) is 42.5 Å². The molecule has 128 valence electrons. The van der Waals surface area contributed by atoms with Crippen molar-refractivity contribution in [2.24, 2.45) is 0 Å². The number of ether oxygens (including phenoxy) is 1. The predicted octanol–water partition coefficient (Wildman–Crippen LogP) is 1.91. The number of aliphatic hydroxyl groups is 1. The number of rotatable bonds is 7. The highest BCUT2D eigenvalue weighted by Crippen LogP contribution is 2.32. The number of carbonyl (C=O) groups excluding carboxylic acids is 1. The van der Waals surface area contributed by atoms with Crippen molar-refractivity contribution in [1.82, 2.24) is 5.32 Å². The lowest BCUT2D eigenvalue weighted by atomic mass is 10.1. The Hall–Kier alpha value is -3.44. The second kappa shape index (κ2) is 8.42. The number of benzene rings is 2. The normalized spacial score (nSPS) is 9.92. The lowest BCUT2D eigenvalue weighted by Crippen LogP contribution is -2.27. The van der Waals surface area contributed by atoms with Gasteiger partial charge in [-0.25, -0.2) is 0 Å². The molecule has 1 amide bonds. The van der Waals surface area contributed by atoms with Gasteiger partial charge in [0.25, 0.3) is 0 Å². The van der Waals surface area contributed by atoms with Crippen molar-refractivity contribution in [3.8, 4) is 17.6 Å². The number of nitro benzene ring substituents is 1. The monoisotopic (exact) mass is 341 g/mol. The third-order valence-electron chi connectivity index (χ3n) is 3.23. The van der Waals surface area contributed by atoms with E-state index in [9.17, 15) is 14.9 Å². The first kappa shape index (κ1) is 17.9. The zero-order valence-electron chi connectivity index (χ0n) is 13.1. The Balaban J connectivity index is 2.10. The van der Waals surface area contributed by atoms with Gasteiger partial charge in [-0.05, 0) is 29.8 Å². The minimum atomic E-state index is -0.615. The molecule has 0 fully saturated rings. The van der Waals surface area contributed by atoms with E-state index in [1.165, 1.54) is 12.1 Å². The van der Waals surface area contributed by atoms with E-state index in [2.05, 4.69) is 5.32 Å². The zero-order valence-corrected chi connectivity index (χ0v) is 13.1. The molecule has 2 N–H and O–H groups in total. The van der Waals surface area contributed by atoms with Crippen molar-refractivity contribution in [2.75, 3.05) is 13.2 Å². The quantitative estimate of drug-likeness (QED) is 0.585. The predicted molar refractivity (Wildman–Crippen MR) is 88.1 cm³/mol. The van der Waals surface area contributed by atoms with E-state index in [1.807, 2.05) is 6.07 Å². The van der Waals surface area contributed by atoms with Gasteiger partial charge in [0.05, 0.1) is 29.6 Å². The van der Waals surface area contributed by atoms with Crippen molar-refractivity contribution < 1.29 is 19.6 Å². The van der Waals surface area contributed by atoms with Gasteiger partial charge in [-0.3, -0.25) is 14.9 Å². The molecule has 0 saturated heterocycles. The Bertz CT molecular complexity index is 812. The fourth-order valence-electron chi connectivity index (χ4n) is 2.06. The molecular weight excluding hydrogens is 326 g/mol. The van der Waals surface area contributed by atoms with Gasteiger partial charge in [-0.15, -0.1) is 0 Å². The molecule has 0 aliphatic carbocycles. The molecule has 0 aromatic heterocycles. The van der Waals surface area contributed by atoms with Gasteiger partial charge in [0.15, 0.2) is 0 Å². The molecule has 0 unspecified atom stereocenters. The third kappa shape index (κ3) is 5.02. The van der Waals surface area contributed by atoms with E-state index in [1.54, 1.807) is 24.3 Å². The molecule has 8 nitrogen and oxygen atoms in total. The van der Waals surface area contributed by atoms with Gasteiger partial charge in [0, 0.05) is 12.6 Å². The number of nitro groups is 1. The molecule has 0 heterocycles. The first-order valence-electron chi connectivity index (χ1n) is 7.36. The molecule has 0 spiro atoms. The lowest BCUT2D eigenvalue weighted by molar-refractivity contribution is -0.385. The zero-order chi connectivity index (χ0) is 18.2. The lowest BCUT2D eigenvalue weighted by Gasteiger charge is -2.08. The van der Waals surface area contributed by atoms with Crippen molar-refractivity contribution in [3.05, 3.63) is 63.7 Å². The van der Waals surface area contributed by atoms with Crippen LogP contribution in [0.4, 0.5) is 5.69 Å². The Labute approximate surface area is 143 Å². The van der Waals surface area contributed by atoms with Crippen LogP contribution in [0.1, 0.15) is 11.1 Å². The van der Waals surface area contributed by atoms with Gasteiger partial charge in [-0.2, -0.15) is 5.26 Å². The third-order valence-corrected chi connectivity index (χ3v) is 3.23. The largest absolute Gasteiger partial charge is 0.450 e. The SMILES string of the molecule is N#Cc1ccc(Oc2ccc(CC(=O)NCCO)cc2)c([N+](=O)[O-])c1. The minimum Gasteiger partial charge on any atom is -0.450 e. The van der Waals surface area contributed by atoms with Crippen LogP contribution in [0, 0.1) is 21.4 Å². The van der Waals surface area contributed by atoms with Crippen LogP contribution < -0.4 is 10.1 Å². The standard InChI is InChI=1S/C17H15N3O5/c18-11-13-3-6-16(15(9-13)20(23)24)25-14-4-1-12(2-5-14)10-17(22)19-7-8-21/h1-6,9,21H,7-8,10H2,(H,19,22). The Morgan fingerprint density at radius 3 is 2.60 bits per heavy atom. The average molecular weight is 341 g/mol. The fraction of sp³-hybridized carbons (Fsp3) is 0.176. The summed E-state index contributed by atoms with van der Waals surface area (Å²) in [6.45, 7) is 0.0737. The van der Waals surface area contributed by atoms with Crippen LogP contribution in [0.5, 0.6) is 11.5 Å². The number of hydrogen-bond acceptors (Lipinski definition) is 6. The number of amides is 1. The number of nitrogens with one attached hydrogen (secondary N) is 1. The summed E-state index contributed by atoms with van der Waals surface area (Å²) in [5, 5.41) is 31.1. The second-order valence-corrected chi connectivity index (χ2v) is 5.05. The summed E-state index contributed by atoms with van der Waals surface area (Å²) in [6, 6.07) is 12.3. The van der Waals surface area contributed by atoms with E-state index in [-0.39, 0.29) is 42.5 Å². The van der Waals surface area contributed by atoms with Crippen molar-refractivity contribution in [2.45, 2.75) is 6.42 Å². The van der Waals surface area contributed by atoms with E-state index in [0.29, 0.717) is 5.75 Å². The summed E-state index contributed by atoms with van der Waals surface area (Å²) in [7, 11) is 0. The molecular formula is C17H15N3O5. The Morgan fingerprint density at radius 2 is 2.00 bits per heavy atom. The highest BCUT2D eigenvalue weighted by Gasteiger charge is 2.17. The first-order valence-corrected chi connectivity index (χ1v) is 7.36. The number of hydrogen-bond donors (Lipinski definition) is 2. The van der Waals surface area contributed by atoms with Crippen LogP contribution in [-0.2, 0) is 11.2 Å². The highest BCUT2D eigenvalue weighted by molar-refractivity contribution is 5.78. The van der Waals surface area contributed by atoms with Gasteiger partial charge >= 0.3 is 5.69 Å². The summed E-state index contributed by atoms with van der Waals surface area (Å²) >= 11 is 0. The number of carbonyl (C=O) groups is 1. The van der Waals surface area contributed by atoms with Crippen LogP contribution in [0.3, 0.4) is 0 Å². The Morgan fingerprint density at radius 1 is 1.28 bits per heavy atom. The minimum absolute atomic E-state index is 0.0254. The van der Waals surface area contributed by atoms with Crippen molar-refractivity contribution in [3.63, 3.8) is 0 Å². The molecule has 0 aliphatic heterocycles. The molecule has 0 atom stereocenters. The number of nitriles is 1. The summed E-state index contributed by atoms with van der Waals surface area (Å²) in [5.41, 5.74) is 0.604. The molecule has 2 rings (SSSR count). The van der Waals surface area contributed by atoms with Gasteiger partial charge in [-0.1, -0.05) is 12.1 Å². The molecule has 0 saturated carbocycles.